The maximum atomic E-state index is 13.5. The van der Waals surface area contributed by atoms with E-state index in [0.29, 0.717) is 11.7 Å². The van der Waals surface area contributed by atoms with Crippen LogP contribution in [0.1, 0.15) is 30.9 Å². The van der Waals surface area contributed by atoms with Gasteiger partial charge in [-0.1, -0.05) is 19.9 Å². The van der Waals surface area contributed by atoms with E-state index in [1.54, 1.807) is 12.1 Å². The van der Waals surface area contributed by atoms with E-state index in [-0.39, 0.29) is 6.61 Å². The summed E-state index contributed by atoms with van der Waals surface area (Å²) in [5.74, 6) is -4.20. The molecule has 0 fully saturated rings. The minimum atomic E-state index is -1.63. The fourth-order valence-corrected chi connectivity index (χ4v) is 2.34. The topological polar surface area (TPSA) is 38.3 Å². The van der Waals surface area contributed by atoms with Crippen LogP contribution in [0.25, 0.3) is 0 Å². The van der Waals surface area contributed by atoms with Gasteiger partial charge in [0.15, 0.2) is 24.1 Å². The first-order valence-electron chi connectivity index (χ1n) is 7.46. The Labute approximate surface area is 138 Å². The highest BCUT2D eigenvalue weighted by Gasteiger charge is 2.15. The van der Waals surface area contributed by atoms with Gasteiger partial charge >= 0.3 is 0 Å². The van der Waals surface area contributed by atoms with Gasteiger partial charge in [0.05, 0.1) is 5.69 Å². The maximum Gasteiger partial charge on any atom is 0.262 e. The molecule has 0 aliphatic heterocycles. The average Bonchev–Trinajstić information content (AvgIpc) is 2.53. The van der Waals surface area contributed by atoms with E-state index in [1.807, 2.05) is 13.0 Å². The summed E-state index contributed by atoms with van der Waals surface area (Å²) in [6.07, 6.45) is 0. The second kappa shape index (κ2) is 7.38. The molecule has 0 unspecified atom stereocenters. The van der Waals surface area contributed by atoms with Crippen molar-refractivity contribution in [3.05, 3.63) is 58.9 Å². The number of ether oxygens (including phenoxy) is 1. The number of hydrogen-bond donors (Lipinski definition) is 1. The number of rotatable bonds is 5. The number of nitrogens with one attached hydrogen (secondary N) is 1. The monoisotopic (exact) mass is 337 g/mol. The third kappa shape index (κ3) is 4.07. The Morgan fingerprint density at radius 2 is 1.83 bits per heavy atom. The molecule has 0 bridgehead atoms. The molecule has 2 rings (SSSR count). The molecule has 1 amide bonds. The molecule has 0 saturated heterocycles. The summed E-state index contributed by atoms with van der Waals surface area (Å²) in [6, 6.07) is 7.16. The van der Waals surface area contributed by atoms with Crippen molar-refractivity contribution in [1.82, 2.24) is 0 Å². The summed E-state index contributed by atoms with van der Waals surface area (Å²) in [6.45, 7) is 5.72. The highest BCUT2D eigenvalue weighted by atomic mass is 19.2. The zero-order chi connectivity index (χ0) is 17.9. The first-order chi connectivity index (χ1) is 11.3. The summed E-state index contributed by atoms with van der Waals surface area (Å²) in [4.78, 5) is 11.8. The average molecular weight is 337 g/mol. The van der Waals surface area contributed by atoms with Crippen LogP contribution < -0.4 is 10.1 Å². The number of anilines is 1. The lowest BCUT2D eigenvalue weighted by atomic mass is 9.98. The smallest absolute Gasteiger partial charge is 0.262 e. The summed E-state index contributed by atoms with van der Waals surface area (Å²) < 4.78 is 44.8. The van der Waals surface area contributed by atoms with Crippen molar-refractivity contribution >= 4 is 11.6 Å². The van der Waals surface area contributed by atoms with Gasteiger partial charge in [-0.05, 0) is 48.2 Å². The van der Waals surface area contributed by atoms with E-state index >= 15 is 0 Å². The number of carbonyl (C=O) groups is 1. The molecule has 0 spiro atoms. The fourth-order valence-electron chi connectivity index (χ4n) is 2.34. The molecule has 1 N–H and O–H groups in total. The predicted molar refractivity (Wildman–Crippen MR) is 85.7 cm³/mol. The van der Waals surface area contributed by atoms with Crippen LogP contribution in [-0.2, 0) is 4.79 Å². The Morgan fingerprint density at radius 1 is 1.12 bits per heavy atom. The molecule has 0 radical (unpaired) electrons. The van der Waals surface area contributed by atoms with Gasteiger partial charge in [-0.3, -0.25) is 4.79 Å². The van der Waals surface area contributed by atoms with Crippen molar-refractivity contribution in [3.63, 3.8) is 0 Å². The van der Waals surface area contributed by atoms with E-state index in [9.17, 15) is 18.0 Å². The second-order valence-electron chi connectivity index (χ2n) is 5.73. The minimum absolute atomic E-state index is 0.374. The molecular formula is C18H18F3NO2. The lowest BCUT2D eigenvalue weighted by molar-refractivity contribution is -0.118. The summed E-state index contributed by atoms with van der Waals surface area (Å²) in [5, 5.41) is 2.15. The second-order valence-corrected chi connectivity index (χ2v) is 5.73. The summed E-state index contributed by atoms with van der Waals surface area (Å²) in [7, 11) is 0. The number of halogens is 3. The maximum absolute atomic E-state index is 13.5. The third-order valence-corrected chi connectivity index (χ3v) is 3.54. The van der Waals surface area contributed by atoms with Gasteiger partial charge in [-0.25, -0.2) is 13.2 Å². The van der Waals surface area contributed by atoms with E-state index in [4.69, 9.17) is 4.74 Å². The third-order valence-electron chi connectivity index (χ3n) is 3.54. The van der Waals surface area contributed by atoms with Gasteiger partial charge in [0.25, 0.3) is 5.91 Å². The van der Waals surface area contributed by atoms with Gasteiger partial charge in [0.1, 0.15) is 5.75 Å². The molecular weight excluding hydrogens is 319 g/mol. The van der Waals surface area contributed by atoms with Crippen LogP contribution >= 0.6 is 0 Å². The summed E-state index contributed by atoms with van der Waals surface area (Å²) in [5.41, 5.74) is 1.78. The molecule has 128 valence electrons. The van der Waals surface area contributed by atoms with Crippen molar-refractivity contribution in [1.29, 1.82) is 0 Å². The Morgan fingerprint density at radius 3 is 2.46 bits per heavy atom. The Bertz CT molecular complexity index is 760. The van der Waals surface area contributed by atoms with E-state index in [1.165, 1.54) is 5.56 Å². The van der Waals surface area contributed by atoms with Crippen LogP contribution in [-0.4, -0.2) is 12.5 Å². The first-order valence-corrected chi connectivity index (χ1v) is 7.46. The fraction of sp³-hybridized carbons (Fsp3) is 0.278. The molecule has 0 aromatic heterocycles. The number of amides is 1. The molecule has 6 heteroatoms. The highest BCUT2D eigenvalue weighted by molar-refractivity contribution is 5.92. The van der Waals surface area contributed by atoms with Crippen molar-refractivity contribution in [2.75, 3.05) is 11.9 Å². The predicted octanol–water partition coefficient (Wildman–Crippen LogP) is 4.55. The lowest BCUT2D eigenvalue weighted by Crippen LogP contribution is -2.21. The minimum Gasteiger partial charge on any atom is -0.484 e. The Balaban J connectivity index is 1.99. The molecule has 0 heterocycles. The van der Waals surface area contributed by atoms with Gasteiger partial charge in [-0.15, -0.1) is 0 Å². The number of aryl methyl sites for hydroxylation is 1. The number of hydrogen-bond acceptors (Lipinski definition) is 2. The summed E-state index contributed by atoms with van der Waals surface area (Å²) >= 11 is 0. The van der Waals surface area contributed by atoms with E-state index in [0.717, 1.165) is 17.7 Å². The van der Waals surface area contributed by atoms with Crippen LogP contribution in [0.2, 0.25) is 0 Å². The molecule has 0 saturated carbocycles. The number of carbonyl (C=O) groups excluding carboxylic acids is 1. The quantitative estimate of drug-likeness (QED) is 0.813. The normalized spacial score (nSPS) is 10.8. The Kier molecular flexibility index (Phi) is 5.49. The molecule has 2 aromatic rings. The highest BCUT2D eigenvalue weighted by Crippen LogP contribution is 2.24. The molecule has 3 nitrogen and oxygen atoms in total. The first kappa shape index (κ1) is 17.8. The Hall–Kier alpha value is -2.50. The van der Waals surface area contributed by atoms with Gasteiger partial charge in [-0.2, -0.15) is 0 Å². The van der Waals surface area contributed by atoms with E-state index in [2.05, 4.69) is 19.2 Å². The van der Waals surface area contributed by atoms with Gasteiger partial charge in [0.2, 0.25) is 0 Å². The van der Waals surface area contributed by atoms with Gasteiger partial charge in [0, 0.05) is 0 Å². The lowest BCUT2D eigenvalue weighted by Gasteiger charge is -2.12. The van der Waals surface area contributed by atoms with Crippen molar-refractivity contribution in [3.8, 4) is 5.75 Å². The van der Waals surface area contributed by atoms with Crippen molar-refractivity contribution in [2.24, 2.45) is 0 Å². The zero-order valence-corrected chi connectivity index (χ0v) is 13.6. The molecule has 2 aromatic carbocycles. The molecule has 24 heavy (non-hydrogen) atoms. The van der Waals surface area contributed by atoms with Crippen LogP contribution in [0.5, 0.6) is 5.75 Å². The zero-order valence-electron chi connectivity index (χ0n) is 13.6. The van der Waals surface area contributed by atoms with Crippen LogP contribution in [0, 0.1) is 24.4 Å². The van der Waals surface area contributed by atoms with Gasteiger partial charge < -0.3 is 10.1 Å². The molecule has 0 aliphatic rings. The van der Waals surface area contributed by atoms with Crippen LogP contribution in [0.4, 0.5) is 18.9 Å². The van der Waals surface area contributed by atoms with Crippen LogP contribution in [0.3, 0.4) is 0 Å². The largest absolute Gasteiger partial charge is 0.484 e. The molecule has 0 atom stereocenters. The van der Waals surface area contributed by atoms with Crippen LogP contribution in [0.15, 0.2) is 30.3 Å². The van der Waals surface area contributed by atoms with Crippen molar-refractivity contribution in [2.45, 2.75) is 26.7 Å². The molecule has 0 aliphatic carbocycles. The standard InChI is InChI=1S/C18H18F3NO2/c1-10(2)13-5-4-12(8-11(13)3)24-9-16(23)22-15-7-6-14(19)17(20)18(15)21/h4-8,10H,9H2,1-3H3,(H,22,23). The SMILES string of the molecule is Cc1cc(OCC(=O)Nc2ccc(F)c(F)c2F)ccc1C(C)C. The number of benzene rings is 2. The van der Waals surface area contributed by atoms with E-state index < -0.39 is 29.0 Å². The van der Waals surface area contributed by atoms with Crippen molar-refractivity contribution < 1.29 is 22.7 Å².